The molecule has 1 N–H and O–H groups in total. The van der Waals surface area contributed by atoms with Crippen LogP contribution in [0, 0.1) is 12.7 Å². The molecule has 1 heterocycles. The van der Waals surface area contributed by atoms with E-state index in [1.54, 1.807) is 31.7 Å². The first kappa shape index (κ1) is 25.0. The smallest absolute Gasteiger partial charge is 0.419 e. The third-order valence-corrected chi connectivity index (χ3v) is 7.61. The van der Waals surface area contributed by atoms with Crippen LogP contribution in [0.25, 0.3) is 0 Å². The third-order valence-electron chi connectivity index (χ3n) is 5.50. The highest BCUT2D eigenvalue weighted by Crippen LogP contribution is 2.34. The monoisotopic (exact) mass is 488 g/mol. The van der Waals surface area contributed by atoms with E-state index < -0.39 is 45.6 Å². The van der Waals surface area contributed by atoms with Gasteiger partial charge in [0.05, 0.1) is 16.9 Å². The number of rotatable bonds is 5. The molecule has 0 amide bonds. The molecule has 0 aliphatic carbocycles. The zero-order chi connectivity index (χ0) is 24.7. The Balaban J connectivity index is 1.88. The number of hydrogen-bond donors (Lipinski definition) is 1. The topological polar surface area (TPSA) is 77.9 Å². The van der Waals surface area contributed by atoms with E-state index in [1.165, 1.54) is 22.5 Å². The number of aliphatic carboxylic acids is 1. The van der Waals surface area contributed by atoms with Gasteiger partial charge >= 0.3 is 12.1 Å². The number of carbonyl (C=O) groups is 1. The minimum Gasteiger partial charge on any atom is -0.481 e. The molecular weight excluding hydrogens is 464 g/mol. The minimum atomic E-state index is -4.80. The van der Waals surface area contributed by atoms with Gasteiger partial charge in [-0.05, 0) is 62.2 Å². The normalized spacial score (nSPS) is 20.2. The Labute approximate surface area is 189 Å². The fraction of sp³-hybridized carbons (Fsp3) is 0.409. The zero-order valence-corrected chi connectivity index (χ0v) is 19.0. The largest absolute Gasteiger partial charge is 0.481 e. The van der Waals surface area contributed by atoms with Gasteiger partial charge in [-0.1, -0.05) is 6.07 Å². The average molecular weight is 489 g/mol. The molecule has 180 valence electrons. The second kappa shape index (κ2) is 8.94. The number of halogens is 4. The molecule has 0 aromatic heterocycles. The summed E-state index contributed by atoms with van der Waals surface area (Å²) in [6.07, 6.45) is -5.12. The molecule has 2 aromatic rings. The number of anilines is 1. The molecule has 0 bridgehead atoms. The van der Waals surface area contributed by atoms with Crippen molar-refractivity contribution < 1.29 is 35.9 Å². The summed E-state index contributed by atoms with van der Waals surface area (Å²) >= 11 is 0. The third kappa shape index (κ3) is 5.30. The summed E-state index contributed by atoms with van der Waals surface area (Å²) in [6, 6.07) is 5.93. The van der Waals surface area contributed by atoms with Crippen molar-refractivity contribution in [1.82, 2.24) is 4.31 Å². The van der Waals surface area contributed by atoms with Gasteiger partial charge in [-0.25, -0.2) is 12.8 Å². The van der Waals surface area contributed by atoms with Crippen molar-refractivity contribution in [1.29, 1.82) is 0 Å². The van der Waals surface area contributed by atoms with E-state index in [0.29, 0.717) is 17.2 Å². The van der Waals surface area contributed by atoms with Gasteiger partial charge in [-0.3, -0.25) is 4.79 Å². The molecule has 33 heavy (non-hydrogen) atoms. The number of carboxylic acid groups (broad SMARTS) is 1. The van der Waals surface area contributed by atoms with Crippen LogP contribution in [0.3, 0.4) is 0 Å². The number of carboxylic acids is 1. The second-order valence-electron chi connectivity index (χ2n) is 8.32. The number of benzene rings is 2. The lowest BCUT2D eigenvalue weighted by molar-refractivity contribution is -0.140. The second-order valence-corrected chi connectivity index (χ2v) is 10.2. The van der Waals surface area contributed by atoms with Crippen LogP contribution in [-0.2, 0) is 27.4 Å². The molecule has 3 rings (SSSR count). The van der Waals surface area contributed by atoms with E-state index in [0.717, 1.165) is 6.07 Å². The lowest BCUT2D eigenvalue weighted by Crippen LogP contribution is -2.58. The fourth-order valence-electron chi connectivity index (χ4n) is 4.29. The highest BCUT2D eigenvalue weighted by molar-refractivity contribution is 7.89. The van der Waals surface area contributed by atoms with Gasteiger partial charge in [0.2, 0.25) is 10.0 Å². The molecule has 0 spiro atoms. The molecule has 1 saturated heterocycles. The Hall–Kier alpha value is -2.66. The van der Waals surface area contributed by atoms with Crippen molar-refractivity contribution in [3.05, 3.63) is 58.9 Å². The van der Waals surface area contributed by atoms with Crippen LogP contribution < -0.4 is 4.90 Å². The summed E-state index contributed by atoms with van der Waals surface area (Å²) in [5.74, 6) is -2.47. The first-order valence-electron chi connectivity index (χ1n) is 10.2. The molecule has 2 unspecified atom stereocenters. The maximum absolute atomic E-state index is 14.1. The van der Waals surface area contributed by atoms with Gasteiger partial charge in [-0.15, -0.1) is 0 Å². The fourth-order valence-corrected chi connectivity index (χ4v) is 6.25. The highest BCUT2D eigenvalue weighted by atomic mass is 32.2. The van der Waals surface area contributed by atoms with Crippen LogP contribution in [0.15, 0.2) is 41.3 Å². The molecule has 1 fully saturated rings. The number of aryl methyl sites for hydroxylation is 1. The quantitative estimate of drug-likeness (QED) is 0.643. The number of hydrogen-bond acceptors (Lipinski definition) is 4. The molecule has 1 aliphatic rings. The van der Waals surface area contributed by atoms with E-state index in [1.807, 2.05) is 0 Å². The van der Waals surface area contributed by atoms with E-state index in [-0.39, 0.29) is 30.1 Å². The number of piperazine rings is 1. The van der Waals surface area contributed by atoms with Crippen LogP contribution in [0.2, 0.25) is 0 Å². The van der Waals surface area contributed by atoms with E-state index >= 15 is 0 Å². The predicted molar refractivity (Wildman–Crippen MR) is 114 cm³/mol. The van der Waals surface area contributed by atoms with Crippen molar-refractivity contribution in [2.24, 2.45) is 0 Å². The summed E-state index contributed by atoms with van der Waals surface area (Å²) < 4.78 is 80.8. The standard InChI is InChI=1S/C22H24F4N2O4S/c1-13-6-16(9-21(29)30)8-18(7-13)33(31,32)28-14(2)11-27(12-15(28)3)17-4-5-19(20(23)10-17)22(24,25)26/h4-8,10,14-15H,9,11-12H2,1-3H3,(H,29,30). The van der Waals surface area contributed by atoms with Crippen molar-refractivity contribution in [2.75, 3.05) is 18.0 Å². The van der Waals surface area contributed by atoms with Crippen LogP contribution in [0.5, 0.6) is 0 Å². The van der Waals surface area contributed by atoms with E-state index in [2.05, 4.69) is 0 Å². The van der Waals surface area contributed by atoms with E-state index in [9.17, 15) is 30.8 Å². The summed E-state index contributed by atoms with van der Waals surface area (Å²) in [5.41, 5.74) is -0.160. The van der Waals surface area contributed by atoms with Crippen molar-refractivity contribution in [3.8, 4) is 0 Å². The molecule has 1 aliphatic heterocycles. The Bertz CT molecular complexity index is 1160. The van der Waals surface area contributed by atoms with Crippen LogP contribution >= 0.6 is 0 Å². The predicted octanol–water partition coefficient (Wildman–Crippen LogP) is 4.07. The van der Waals surface area contributed by atoms with E-state index in [4.69, 9.17) is 5.11 Å². The van der Waals surface area contributed by atoms with Gasteiger partial charge in [0.25, 0.3) is 0 Å². The van der Waals surface area contributed by atoms with Gasteiger partial charge in [0.15, 0.2) is 0 Å². The van der Waals surface area contributed by atoms with Crippen molar-refractivity contribution in [2.45, 2.75) is 50.3 Å². The molecule has 6 nitrogen and oxygen atoms in total. The summed E-state index contributed by atoms with van der Waals surface area (Å²) in [4.78, 5) is 12.7. The van der Waals surface area contributed by atoms with Crippen LogP contribution in [-0.4, -0.2) is 49.0 Å². The molecule has 2 atom stereocenters. The maximum Gasteiger partial charge on any atom is 0.419 e. The Morgan fingerprint density at radius 3 is 2.21 bits per heavy atom. The van der Waals surface area contributed by atoms with Gasteiger partial charge in [0, 0.05) is 30.9 Å². The van der Waals surface area contributed by atoms with Crippen LogP contribution in [0.1, 0.15) is 30.5 Å². The SMILES string of the molecule is Cc1cc(CC(=O)O)cc(S(=O)(=O)N2C(C)CN(c3ccc(C(F)(F)F)c(F)c3)CC2C)c1. The Kier molecular flexibility index (Phi) is 6.77. The van der Waals surface area contributed by atoms with Crippen molar-refractivity contribution >= 4 is 21.7 Å². The summed E-state index contributed by atoms with van der Waals surface area (Å²) in [7, 11) is -3.99. The summed E-state index contributed by atoms with van der Waals surface area (Å²) in [5, 5.41) is 9.05. The molecule has 11 heteroatoms. The first-order valence-corrected chi connectivity index (χ1v) is 11.6. The lowest BCUT2D eigenvalue weighted by Gasteiger charge is -2.44. The average Bonchev–Trinajstić information content (AvgIpc) is 2.65. The number of sulfonamides is 1. The molecule has 2 aromatic carbocycles. The van der Waals surface area contributed by atoms with Gasteiger partial charge in [-0.2, -0.15) is 17.5 Å². The molecule has 0 radical (unpaired) electrons. The van der Waals surface area contributed by atoms with Gasteiger partial charge < -0.3 is 10.0 Å². The van der Waals surface area contributed by atoms with Crippen LogP contribution in [0.4, 0.5) is 23.2 Å². The Morgan fingerprint density at radius 2 is 1.70 bits per heavy atom. The van der Waals surface area contributed by atoms with Crippen molar-refractivity contribution in [3.63, 3.8) is 0 Å². The van der Waals surface area contributed by atoms with Gasteiger partial charge in [0.1, 0.15) is 5.82 Å². The Morgan fingerprint density at radius 1 is 1.09 bits per heavy atom. The maximum atomic E-state index is 14.1. The lowest BCUT2D eigenvalue weighted by atomic mass is 10.1. The molecule has 0 saturated carbocycles. The summed E-state index contributed by atoms with van der Waals surface area (Å²) in [6.45, 7) is 5.28. The molecular formula is C22H24F4N2O4S. The minimum absolute atomic E-state index is 0.0218. The highest BCUT2D eigenvalue weighted by Gasteiger charge is 2.39. The zero-order valence-electron chi connectivity index (χ0n) is 18.2. The number of nitrogens with zero attached hydrogens (tertiary/aromatic N) is 2. The number of alkyl halides is 3. The first-order chi connectivity index (χ1) is 15.2.